The van der Waals surface area contributed by atoms with E-state index in [1.807, 2.05) is 37.3 Å². The Hall–Kier alpha value is -1.15. The van der Waals surface area contributed by atoms with Crippen molar-refractivity contribution in [1.29, 1.82) is 0 Å². The largest absolute Gasteiger partial charge is 0.388 e. The molecule has 0 unspecified atom stereocenters. The van der Waals surface area contributed by atoms with Gasteiger partial charge < -0.3 is 5.11 Å². The Kier molecular flexibility index (Phi) is 3.41. The standard InChI is InChI=1S/C20H26O2/c1-13(18(21)17-5-3-2-4-6-17)19(22)20-10-14-7-15(11-20)9-16(8-14)12-20/h2-6,13-16,18,21H,7-12H2,1H3/t13-,14?,15?,16?,18-,20?/m1/s1. The Balaban J connectivity index is 1.56. The first-order valence-corrected chi connectivity index (χ1v) is 8.85. The maximum atomic E-state index is 13.3. The minimum Gasteiger partial charge on any atom is -0.388 e. The first kappa shape index (κ1) is 14.4. The van der Waals surface area contributed by atoms with Crippen molar-refractivity contribution in [2.45, 2.75) is 51.6 Å². The molecule has 2 atom stereocenters. The fraction of sp³-hybridized carbons (Fsp3) is 0.650. The topological polar surface area (TPSA) is 37.3 Å². The SMILES string of the molecule is C[C@@H](C(=O)C12CC3CC(CC(C3)C1)C2)[C@@H](O)c1ccccc1. The summed E-state index contributed by atoms with van der Waals surface area (Å²) in [5.41, 5.74) is 0.761. The van der Waals surface area contributed by atoms with Crippen LogP contribution < -0.4 is 0 Å². The van der Waals surface area contributed by atoms with Gasteiger partial charge in [0.2, 0.25) is 0 Å². The van der Waals surface area contributed by atoms with Crippen molar-refractivity contribution >= 4 is 5.78 Å². The van der Waals surface area contributed by atoms with Gasteiger partial charge in [-0.25, -0.2) is 0 Å². The van der Waals surface area contributed by atoms with Crippen molar-refractivity contribution in [2.75, 3.05) is 0 Å². The molecule has 118 valence electrons. The maximum absolute atomic E-state index is 13.3. The van der Waals surface area contributed by atoms with E-state index in [9.17, 15) is 9.90 Å². The number of aliphatic hydroxyl groups is 1. The second-order valence-electron chi connectivity index (χ2n) is 8.21. The summed E-state index contributed by atoms with van der Waals surface area (Å²) in [6, 6.07) is 9.66. The van der Waals surface area contributed by atoms with E-state index in [4.69, 9.17) is 0 Å². The fourth-order valence-corrected chi connectivity index (χ4v) is 5.98. The molecule has 2 heteroatoms. The average molecular weight is 298 g/mol. The molecule has 5 rings (SSSR count). The van der Waals surface area contributed by atoms with E-state index in [0.29, 0.717) is 5.78 Å². The maximum Gasteiger partial charge on any atom is 0.144 e. The smallest absolute Gasteiger partial charge is 0.144 e. The third kappa shape index (κ3) is 2.23. The van der Waals surface area contributed by atoms with Crippen LogP contribution >= 0.6 is 0 Å². The number of carbonyl (C=O) groups is 1. The molecule has 22 heavy (non-hydrogen) atoms. The highest BCUT2D eigenvalue weighted by molar-refractivity contribution is 5.88. The normalized spacial score (nSPS) is 38.7. The molecule has 0 heterocycles. The minimum atomic E-state index is -0.665. The van der Waals surface area contributed by atoms with E-state index in [0.717, 1.165) is 42.6 Å². The van der Waals surface area contributed by atoms with Crippen LogP contribution in [0.3, 0.4) is 0 Å². The fourth-order valence-electron chi connectivity index (χ4n) is 5.98. The Morgan fingerprint density at radius 1 is 1.05 bits per heavy atom. The number of benzene rings is 1. The molecule has 0 spiro atoms. The number of hydrogen-bond donors (Lipinski definition) is 1. The Labute approximate surface area is 132 Å². The second kappa shape index (κ2) is 5.19. The van der Waals surface area contributed by atoms with Gasteiger partial charge in [0.15, 0.2) is 0 Å². The predicted molar refractivity (Wildman–Crippen MR) is 86.2 cm³/mol. The van der Waals surface area contributed by atoms with Crippen LogP contribution in [0.5, 0.6) is 0 Å². The molecule has 4 bridgehead atoms. The Morgan fingerprint density at radius 2 is 1.55 bits per heavy atom. The van der Waals surface area contributed by atoms with E-state index in [-0.39, 0.29) is 11.3 Å². The highest BCUT2D eigenvalue weighted by Gasteiger charge is 2.55. The lowest BCUT2D eigenvalue weighted by molar-refractivity contribution is -0.151. The molecule has 1 N–H and O–H groups in total. The molecule has 0 amide bonds. The second-order valence-corrected chi connectivity index (χ2v) is 8.21. The van der Waals surface area contributed by atoms with Gasteiger partial charge in [-0.2, -0.15) is 0 Å². The lowest BCUT2D eigenvalue weighted by Crippen LogP contribution is -2.51. The van der Waals surface area contributed by atoms with E-state index in [1.165, 1.54) is 19.3 Å². The molecular weight excluding hydrogens is 272 g/mol. The van der Waals surface area contributed by atoms with E-state index < -0.39 is 6.10 Å². The summed E-state index contributed by atoms with van der Waals surface area (Å²) < 4.78 is 0. The van der Waals surface area contributed by atoms with Gasteiger partial charge in [0.05, 0.1) is 6.10 Å². The highest BCUT2D eigenvalue weighted by atomic mass is 16.3. The van der Waals surface area contributed by atoms with E-state index in [1.54, 1.807) is 0 Å². The lowest BCUT2D eigenvalue weighted by Gasteiger charge is -2.56. The highest BCUT2D eigenvalue weighted by Crippen LogP contribution is 2.61. The lowest BCUT2D eigenvalue weighted by atomic mass is 9.47. The summed E-state index contributed by atoms with van der Waals surface area (Å²) in [5, 5.41) is 10.6. The van der Waals surface area contributed by atoms with Gasteiger partial charge in [0.1, 0.15) is 5.78 Å². The molecule has 4 aliphatic carbocycles. The van der Waals surface area contributed by atoms with Gasteiger partial charge in [-0.1, -0.05) is 37.3 Å². The van der Waals surface area contributed by atoms with Crippen LogP contribution in [-0.4, -0.2) is 10.9 Å². The molecule has 4 saturated carbocycles. The molecule has 4 fully saturated rings. The van der Waals surface area contributed by atoms with Gasteiger partial charge in [0.25, 0.3) is 0 Å². The van der Waals surface area contributed by atoms with Crippen molar-refractivity contribution in [3.05, 3.63) is 35.9 Å². The van der Waals surface area contributed by atoms with Crippen LogP contribution in [0.2, 0.25) is 0 Å². The predicted octanol–water partition coefficient (Wildman–Crippen LogP) is 4.14. The van der Waals surface area contributed by atoms with Crippen LogP contribution in [0.1, 0.15) is 57.1 Å². The average Bonchev–Trinajstić information content (AvgIpc) is 2.52. The molecule has 2 nitrogen and oxygen atoms in total. The number of carbonyl (C=O) groups excluding carboxylic acids is 1. The van der Waals surface area contributed by atoms with Crippen molar-refractivity contribution in [2.24, 2.45) is 29.1 Å². The summed E-state index contributed by atoms with van der Waals surface area (Å²) in [4.78, 5) is 13.3. The minimum absolute atomic E-state index is 0.107. The molecule has 0 radical (unpaired) electrons. The summed E-state index contributed by atoms with van der Waals surface area (Å²) in [5.74, 6) is 2.37. The van der Waals surface area contributed by atoms with Crippen molar-refractivity contribution < 1.29 is 9.90 Å². The van der Waals surface area contributed by atoms with Crippen LogP contribution in [0, 0.1) is 29.1 Å². The van der Waals surface area contributed by atoms with Crippen molar-refractivity contribution in [1.82, 2.24) is 0 Å². The monoisotopic (exact) mass is 298 g/mol. The third-order valence-electron chi connectivity index (χ3n) is 6.59. The van der Waals surface area contributed by atoms with Crippen LogP contribution in [-0.2, 0) is 4.79 Å². The van der Waals surface area contributed by atoms with Crippen LogP contribution in [0.15, 0.2) is 30.3 Å². The molecule has 0 saturated heterocycles. The third-order valence-corrected chi connectivity index (χ3v) is 6.59. The number of aliphatic hydroxyl groups excluding tert-OH is 1. The molecule has 1 aromatic carbocycles. The van der Waals surface area contributed by atoms with E-state index >= 15 is 0 Å². The molecule has 0 aromatic heterocycles. The summed E-state index contributed by atoms with van der Waals surface area (Å²) in [6.45, 7) is 1.93. The number of hydrogen-bond acceptors (Lipinski definition) is 2. The van der Waals surface area contributed by atoms with Gasteiger partial charge in [0, 0.05) is 11.3 Å². The quantitative estimate of drug-likeness (QED) is 0.907. The van der Waals surface area contributed by atoms with Crippen molar-refractivity contribution in [3.63, 3.8) is 0 Å². The van der Waals surface area contributed by atoms with Crippen molar-refractivity contribution in [3.8, 4) is 0 Å². The van der Waals surface area contributed by atoms with E-state index in [2.05, 4.69) is 0 Å². The first-order valence-electron chi connectivity index (χ1n) is 8.85. The Bertz CT molecular complexity index is 527. The Morgan fingerprint density at radius 3 is 2.05 bits per heavy atom. The number of Topliss-reactive ketones (excluding diaryl/α,β-unsaturated/α-hetero) is 1. The summed E-state index contributed by atoms with van der Waals surface area (Å²) in [7, 11) is 0. The van der Waals surface area contributed by atoms with Gasteiger partial charge in [-0.3, -0.25) is 4.79 Å². The summed E-state index contributed by atoms with van der Waals surface area (Å²) in [6.07, 6.45) is 6.64. The zero-order valence-electron chi connectivity index (χ0n) is 13.4. The number of rotatable bonds is 4. The summed E-state index contributed by atoms with van der Waals surface area (Å²) >= 11 is 0. The van der Waals surface area contributed by atoms with Gasteiger partial charge in [-0.15, -0.1) is 0 Å². The molecule has 0 aliphatic heterocycles. The molecule has 1 aromatic rings. The zero-order valence-corrected chi connectivity index (χ0v) is 13.4. The van der Waals surface area contributed by atoms with Gasteiger partial charge in [-0.05, 0) is 61.8 Å². The first-order chi connectivity index (χ1) is 10.6. The van der Waals surface area contributed by atoms with Crippen LogP contribution in [0.25, 0.3) is 0 Å². The number of ketones is 1. The van der Waals surface area contributed by atoms with Crippen LogP contribution in [0.4, 0.5) is 0 Å². The van der Waals surface area contributed by atoms with Gasteiger partial charge >= 0.3 is 0 Å². The zero-order chi connectivity index (χ0) is 15.3. The molecule has 4 aliphatic rings. The molecular formula is C20H26O2.